The van der Waals surface area contributed by atoms with Crippen LogP contribution in [0.15, 0.2) is 48.7 Å². The van der Waals surface area contributed by atoms with E-state index in [0.29, 0.717) is 24.4 Å². The topological polar surface area (TPSA) is 65.5 Å². The minimum absolute atomic E-state index is 0.0631. The fourth-order valence-corrected chi connectivity index (χ4v) is 3.46. The molecule has 1 aromatic heterocycles. The fourth-order valence-electron chi connectivity index (χ4n) is 3.46. The Hall–Kier alpha value is -2.40. The number of likely N-dealkylation sites (tertiary alicyclic amines) is 1. The van der Waals surface area contributed by atoms with Crippen LogP contribution in [-0.2, 0) is 0 Å². The van der Waals surface area contributed by atoms with Crippen molar-refractivity contribution in [2.75, 3.05) is 31.6 Å². The molecule has 1 unspecified atom stereocenters. The highest BCUT2D eigenvalue weighted by Crippen LogP contribution is 2.28. The summed E-state index contributed by atoms with van der Waals surface area (Å²) in [6.07, 6.45) is 5.48. The number of pyridine rings is 1. The van der Waals surface area contributed by atoms with Gasteiger partial charge in [-0.05, 0) is 49.3 Å². The zero-order chi connectivity index (χ0) is 18.2. The smallest absolute Gasteiger partial charge is 0.255 e. The van der Waals surface area contributed by atoms with E-state index in [-0.39, 0.29) is 12.5 Å². The van der Waals surface area contributed by atoms with Crippen LogP contribution in [0, 0.1) is 0 Å². The molecule has 1 atom stereocenters. The molecule has 0 aliphatic carbocycles. The van der Waals surface area contributed by atoms with Crippen LogP contribution in [0.1, 0.15) is 47.5 Å². The summed E-state index contributed by atoms with van der Waals surface area (Å²) in [7, 11) is 0. The van der Waals surface area contributed by atoms with Crippen molar-refractivity contribution in [3.8, 4) is 0 Å². The van der Waals surface area contributed by atoms with Gasteiger partial charge in [-0.15, -0.1) is 0 Å². The predicted molar refractivity (Wildman–Crippen MR) is 103 cm³/mol. The van der Waals surface area contributed by atoms with Crippen LogP contribution in [0.5, 0.6) is 0 Å². The van der Waals surface area contributed by atoms with E-state index in [1.54, 1.807) is 6.20 Å². The van der Waals surface area contributed by atoms with E-state index in [1.807, 2.05) is 23.1 Å². The molecule has 1 amide bonds. The van der Waals surface area contributed by atoms with E-state index in [9.17, 15) is 4.79 Å². The van der Waals surface area contributed by atoms with Crippen molar-refractivity contribution in [1.29, 1.82) is 0 Å². The zero-order valence-electron chi connectivity index (χ0n) is 15.1. The van der Waals surface area contributed by atoms with Crippen LogP contribution in [0.3, 0.4) is 0 Å². The van der Waals surface area contributed by atoms with E-state index >= 15 is 0 Å². The number of amides is 1. The molecule has 1 aliphatic rings. The van der Waals surface area contributed by atoms with E-state index in [4.69, 9.17) is 5.11 Å². The van der Waals surface area contributed by atoms with Gasteiger partial charge in [0.15, 0.2) is 0 Å². The van der Waals surface area contributed by atoms with Crippen molar-refractivity contribution in [2.45, 2.75) is 31.6 Å². The lowest BCUT2D eigenvalue weighted by Crippen LogP contribution is -2.32. The number of carbonyl (C=O) groups is 1. The minimum Gasteiger partial charge on any atom is -0.396 e. The molecule has 1 aromatic carbocycles. The Morgan fingerprint density at radius 2 is 2.00 bits per heavy atom. The molecule has 5 nitrogen and oxygen atoms in total. The van der Waals surface area contributed by atoms with Crippen molar-refractivity contribution in [3.63, 3.8) is 0 Å². The van der Waals surface area contributed by atoms with Crippen LogP contribution in [0.25, 0.3) is 0 Å². The molecule has 0 radical (unpaired) electrons. The molecule has 0 bridgehead atoms. The number of carbonyl (C=O) groups excluding carboxylic acids is 1. The van der Waals surface area contributed by atoms with Gasteiger partial charge in [-0.3, -0.25) is 4.79 Å². The molecule has 2 N–H and O–H groups in total. The number of hydrogen-bond donors (Lipinski definition) is 2. The molecule has 1 saturated heterocycles. The molecular formula is C21H27N3O2. The summed E-state index contributed by atoms with van der Waals surface area (Å²) in [6, 6.07) is 14.3. The first-order chi connectivity index (χ1) is 12.8. The first kappa shape index (κ1) is 18.4. The van der Waals surface area contributed by atoms with Crippen LogP contribution < -0.4 is 5.32 Å². The summed E-state index contributed by atoms with van der Waals surface area (Å²) in [5.74, 6) is 1.33. The molecule has 26 heavy (non-hydrogen) atoms. The number of benzene rings is 1. The summed E-state index contributed by atoms with van der Waals surface area (Å²) in [5.41, 5.74) is 2.01. The lowest BCUT2D eigenvalue weighted by atomic mass is 9.92. The Balaban J connectivity index is 1.58. The second-order valence-electron chi connectivity index (χ2n) is 6.77. The summed E-state index contributed by atoms with van der Waals surface area (Å²) < 4.78 is 0. The standard InChI is InChI=1S/C21H27N3O2/c25-15-5-12-22-20-10-9-19(16-23-20)21(26)24-13-4-8-18(11-14-24)17-6-2-1-3-7-17/h1-3,6-7,9-10,16,18,25H,4-5,8,11-15H2,(H,22,23). The van der Waals surface area contributed by atoms with Gasteiger partial charge >= 0.3 is 0 Å². The van der Waals surface area contributed by atoms with Crippen molar-refractivity contribution < 1.29 is 9.90 Å². The van der Waals surface area contributed by atoms with Crippen LogP contribution in [0.2, 0.25) is 0 Å². The SMILES string of the molecule is O=C(c1ccc(NCCCO)nc1)N1CCCC(c2ccccc2)CC1. The van der Waals surface area contributed by atoms with E-state index in [2.05, 4.69) is 34.6 Å². The lowest BCUT2D eigenvalue weighted by Gasteiger charge is -2.21. The number of aromatic nitrogens is 1. The van der Waals surface area contributed by atoms with Crippen molar-refractivity contribution >= 4 is 11.7 Å². The Morgan fingerprint density at radius 3 is 2.73 bits per heavy atom. The number of hydrogen-bond acceptors (Lipinski definition) is 4. The molecule has 2 heterocycles. The number of nitrogens with one attached hydrogen (secondary N) is 1. The second kappa shape index (κ2) is 9.34. The predicted octanol–water partition coefficient (Wildman–Crippen LogP) is 3.29. The third-order valence-corrected chi connectivity index (χ3v) is 4.94. The summed E-state index contributed by atoms with van der Waals surface area (Å²) in [6.45, 7) is 2.42. The number of aliphatic hydroxyl groups excluding tert-OH is 1. The molecule has 138 valence electrons. The summed E-state index contributed by atoms with van der Waals surface area (Å²) in [4.78, 5) is 19.1. The van der Waals surface area contributed by atoms with Gasteiger partial charge in [0, 0.05) is 32.4 Å². The van der Waals surface area contributed by atoms with Gasteiger partial charge in [0.25, 0.3) is 5.91 Å². The quantitative estimate of drug-likeness (QED) is 0.782. The largest absolute Gasteiger partial charge is 0.396 e. The highest BCUT2D eigenvalue weighted by atomic mass is 16.3. The summed E-state index contributed by atoms with van der Waals surface area (Å²) in [5, 5.41) is 11.9. The van der Waals surface area contributed by atoms with E-state index in [1.165, 1.54) is 5.56 Å². The van der Waals surface area contributed by atoms with E-state index in [0.717, 1.165) is 38.2 Å². The zero-order valence-corrected chi connectivity index (χ0v) is 15.1. The lowest BCUT2D eigenvalue weighted by molar-refractivity contribution is 0.0760. The van der Waals surface area contributed by atoms with Crippen LogP contribution in [-0.4, -0.2) is 47.1 Å². The molecule has 3 rings (SSSR count). The van der Waals surface area contributed by atoms with Crippen molar-refractivity contribution in [3.05, 3.63) is 59.8 Å². The second-order valence-corrected chi connectivity index (χ2v) is 6.77. The summed E-state index contributed by atoms with van der Waals surface area (Å²) >= 11 is 0. The normalized spacial score (nSPS) is 17.6. The van der Waals surface area contributed by atoms with Crippen molar-refractivity contribution in [2.24, 2.45) is 0 Å². The van der Waals surface area contributed by atoms with Gasteiger partial charge in [-0.25, -0.2) is 4.98 Å². The van der Waals surface area contributed by atoms with Crippen LogP contribution >= 0.6 is 0 Å². The van der Waals surface area contributed by atoms with Gasteiger partial charge in [0.2, 0.25) is 0 Å². The number of nitrogens with zero attached hydrogens (tertiary/aromatic N) is 2. The minimum atomic E-state index is 0.0631. The number of anilines is 1. The number of aliphatic hydroxyl groups is 1. The molecule has 1 aliphatic heterocycles. The van der Waals surface area contributed by atoms with Gasteiger partial charge in [-0.2, -0.15) is 0 Å². The third-order valence-electron chi connectivity index (χ3n) is 4.94. The maximum atomic E-state index is 12.8. The molecule has 1 fully saturated rings. The van der Waals surface area contributed by atoms with Crippen molar-refractivity contribution in [1.82, 2.24) is 9.88 Å². The van der Waals surface area contributed by atoms with Crippen LogP contribution in [0.4, 0.5) is 5.82 Å². The Bertz CT molecular complexity index is 688. The van der Waals surface area contributed by atoms with E-state index < -0.39 is 0 Å². The van der Waals surface area contributed by atoms with Gasteiger partial charge in [-0.1, -0.05) is 30.3 Å². The highest BCUT2D eigenvalue weighted by molar-refractivity contribution is 5.94. The molecule has 0 saturated carbocycles. The average Bonchev–Trinajstić information content (AvgIpc) is 2.95. The first-order valence-electron chi connectivity index (χ1n) is 9.43. The maximum Gasteiger partial charge on any atom is 0.255 e. The molecule has 0 spiro atoms. The number of rotatable bonds is 6. The van der Waals surface area contributed by atoms with Gasteiger partial charge in [0.1, 0.15) is 5.82 Å². The Morgan fingerprint density at radius 1 is 1.15 bits per heavy atom. The highest BCUT2D eigenvalue weighted by Gasteiger charge is 2.22. The average molecular weight is 353 g/mol. The molecule has 2 aromatic rings. The first-order valence-corrected chi connectivity index (χ1v) is 9.43. The molecular weight excluding hydrogens is 326 g/mol. The monoisotopic (exact) mass is 353 g/mol. The van der Waals surface area contributed by atoms with Gasteiger partial charge < -0.3 is 15.3 Å². The molecule has 5 heteroatoms. The third kappa shape index (κ3) is 4.82. The van der Waals surface area contributed by atoms with Gasteiger partial charge in [0.05, 0.1) is 5.56 Å². The fraction of sp³-hybridized carbons (Fsp3) is 0.429. The maximum absolute atomic E-state index is 12.8. The Labute approximate surface area is 155 Å². The Kier molecular flexibility index (Phi) is 6.61.